The molecule has 0 spiro atoms. The minimum absolute atomic E-state index is 0.0320. The topological polar surface area (TPSA) is 82.3 Å². The van der Waals surface area contributed by atoms with Crippen molar-refractivity contribution in [1.29, 1.82) is 5.26 Å². The second-order valence-electron chi connectivity index (χ2n) is 6.19. The average molecular weight is 338 g/mol. The summed E-state index contributed by atoms with van der Waals surface area (Å²) in [6.45, 7) is 4.07. The van der Waals surface area contributed by atoms with Gasteiger partial charge in [0.15, 0.2) is 0 Å². The molecule has 0 aromatic heterocycles. The van der Waals surface area contributed by atoms with E-state index in [0.717, 1.165) is 5.56 Å². The number of anilines is 1. The lowest BCUT2D eigenvalue weighted by Crippen LogP contribution is -2.23. The molecule has 25 heavy (non-hydrogen) atoms. The van der Waals surface area contributed by atoms with Gasteiger partial charge in [-0.1, -0.05) is 32.0 Å². The molecule has 0 bridgehead atoms. The predicted molar refractivity (Wildman–Crippen MR) is 96.0 cm³/mol. The highest BCUT2D eigenvalue weighted by Gasteiger charge is 2.14. The molecule has 0 aliphatic heterocycles. The lowest BCUT2D eigenvalue weighted by Gasteiger charge is -2.14. The third-order valence-corrected chi connectivity index (χ3v) is 3.74. The SMILES string of the molecule is CC(C)C(O)CC(=O)Nc1cccc(OCc2cccc(C#N)c2)c1. The molecule has 1 amide bonds. The van der Waals surface area contributed by atoms with Crippen molar-refractivity contribution < 1.29 is 14.6 Å². The molecule has 2 aromatic carbocycles. The molecule has 1 atom stereocenters. The van der Waals surface area contributed by atoms with Crippen molar-refractivity contribution in [2.24, 2.45) is 5.92 Å². The number of nitrogens with one attached hydrogen (secondary N) is 1. The van der Waals surface area contributed by atoms with Crippen LogP contribution in [0.25, 0.3) is 0 Å². The highest BCUT2D eigenvalue weighted by Crippen LogP contribution is 2.19. The summed E-state index contributed by atoms with van der Waals surface area (Å²) < 4.78 is 5.72. The van der Waals surface area contributed by atoms with Crippen molar-refractivity contribution in [3.8, 4) is 11.8 Å². The first-order chi connectivity index (χ1) is 12.0. The van der Waals surface area contributed by atoms with Gasteiger partial charge in [-0.2, -0.15) is 5.26 Å². The Morgan fingerprint density at radius 1 is 1.24 bits per heavy atom. The number of carbonyl (C=O) groups is 1. The molecule has 0 radical (unpaired) electrons. The van der Waals surface area contributed by atoms with Crippen LogP contribution in [-0.4, -0.2) is 17.1 Å². The highest BCUT2D eigenvalue weighted by molar-refractivity contribution is 5.91. The zero-order valence-electron chi connectivity index (χ0n) is 14.4. The van der Waals surface area contributed by atoms with Crippen molar-refractivity contribution in [2.45, 2.75) is 33.0 Å². The molecule has 5 nitrogen and oxygen atoms in total. The van der Waals surface area contributed by atoms with Crippen LogP contribution in [0, 0.1) is 17.2 Å². The molecular formula is C20H22N2O3. The maximum absolute atomic E-state index is 11.9. The van der Waals surface area contributed by atoms with Crippen LogP contribution >= 0.6 is 0 Å². The van der Waals surface area contributed by atoms with Gasteiger partial charge in [-0.25, -0.2) is 0 Å². The minimum Gasteiger partial charge on any atom is -0.489 e. The number of carbonyl (C=O) groups excluding carboxylic acids is 1. The molecule has 0 saturated carbocycles. The summed E-state index contributed by atoms with van der Waals surface area (Å²) in [6.07, 6.45) is -0.601. The van der Waals surface area contributed by atoms with E-state index in [2.05, 4.69) is 11.4 Å². The fraction of sp³-hybridized carbons (Fsp3) is 0.300. The summed E-state index contributed by atoms with van der Waals surface area (Å²) in [6, 6.07) is 16.4. The highest BCUT2D eigenvalue weighted by atomic mass is 16.5. The van der Waals surface area contributed by atoms with Gasteiger partial charge < -0.3 is 15.2 Å². The molecule has 2 N–H and O–H groups in total. The lowest BCUT2D eigenvalue weighted by atomic mass is 10.0. The van der Waals surface area contributed by atoms with Gasteiger partial charge in [-0.05, 0) is 35.7 Å². The van der Waals surface area contributed by atoms with E-state index in [1.165, 1.54) is 0 Å². The van der Waals surface area contributed by atoms with Crippen molar-refractivity contribution >= 4 is 11.6 Å². The third kappa shape index (κ3) is 5.94. The Morgan fingerprint density at radius 3 is 2.72 bits per heavy atom. The molecule has 0 aliphatic rings. The first-order valence-corrected chi connectivity index (χ1v) is 8.17. The standard InChI is InChI=1S/C20H22N2O3/c1-14(2)19(23)11-20(24)22-17-7-4-8-18(10-17)25-13-16-6-3-5-15(9-16)12-21/h3-10,14,19,23H,11,13H2,1-2H3,(H,22,24). The van der Waals surface area contributed by atoms with E-state index >= 15 is 0 Å². The van der Waals surface area contributed by atoms with Gasteiger partial charge in [0.25, 0.3) is 0 Å². The summed E-state index contributed by atoms with van der Waals surface area (Å²) in [7, 11) is 0. The van der Waals surface area contributed by atoms with Crippen LogP contribution in [0.5, 0.6) is 5.75 Å². The Kier molecular flexibility index (Phi) is 6.55. The first kappa shape index (κ1) is 18.5. The lowest BCUT2D eigenvalue weighted by molar-refractivity contribution is -0.118. The van der Waals surface area contributed by atoms with Crippen molar-refractivity contribution in [2.75, 3.05) is 5.32 Å². The summed E-state index contributed by atoms with van der Waals surface area (Å²) in [4.78, 5) is 11.9. The van der Waals surface area contributed by atoms with Gasteiger partial charge in [0.05, 0.1) is 24.2 Å². The molecule has 0 fully saturated rings. The van der Waals surface area contributed by atoms with Crippen molar-refractivity contribution in [3.05, 3.63) is 59.7 Å². The summed E-state index contributed by atoms with van der Waals surface area (Å²) in [5.74, 6) is 0.411. The predicted octanol–water partition coefficient (Wildman–Crippen LogP) is 3.48. The van der Waals surface area contributed by atoms with E-state index in [-0.39, 0.29) is 18.2 Å². The number of amides is 1. The van der Waals surface area contributed by atoms with Gasteiger partial charge in [0, 0.05) is 11.8 Å². The maximum atomic E-state index is 11.9. The monoisotopic (exact) mass is 338 g/mol. The summed E-state index contributed by atoms with van der Waals surface area (Å²) >= 11 is 0. The van der Waals surface area contributed by atoms with Crippen LogP contribution in [0.1, 0.15) is 31.4 Å². The number of benzene rings is 2. The average Bonchev–Trinajstić information content (AvgIpc) is 2.60. The van der Waals surface area contributed by atoms with Crippen molar-refractivity contribution in [3.63, 3.8) is 0 Å². The van der Waals surface area contributed by atoms with E-state index < -0.39 is 6.10 Å². The molecule has 0 heterocycles. The molecule has 2 aromatic rings. The van der Waals surface area contributed by atoms with Crippen LogP contribution in [0.15, 0.2) is 48.5 Å². The number of hydrogen-bond acceptors (Lipinski definition) is 4. The van der Waals surface area contributed by atoms with E-state index in [9.17, 15) is 9.90 Å². The first-order valence-electron chi connectivity index (χ1n) is 8.17. The minimum atomic E-state index is -0.660. The molecule has 2 rings (SSSR count). The number of rotatable bonds is 7. The number of nitrogens with zero attached hydrogens (tertiary/aromatic N) is 1. The number of hydrogen-bond donors (Lipinski definition) is 2. The van der Waals surface area contributed by atoms with Crippen LogP contribution in [0.2, 0.25) is 0 Å². The summed E-state index contributed by atoms with van der Waals surface area (Å²) in [5.41, 5.74) is 2.10. The van der Waals surface area contributed by atoms with E-state index in [0.29, 0.717) is 23.6 Å². The fourth-order valence-electron chi connectivity index (χ4n) is 2.20. The Bertz CT molecular complexity index is 766. The maximum Gasteiger partial charge on any atom is 0.226 e. The normalized spacial score (nSPS) is 11.6. The van der Waals surface area contributed by atoms with Crippen LogP contribution < -0.4 is 10.1 Å². The number of nitriles is 1. The Hall–Kier alpha value is -2.84. The molecule has 5 heteroatoms. The largest absolute Gasteiger partial charge is 0.489 e. The van der Waals surface area contributed by atoms with E-state index in [1.54, 1.807) is 36.4 Å². The molecule has 130 valence electrons. The van der Waals surface area contributed by atoms with Gasteiger partial charge in [-0.15, -0.1) is 0 Å². The van der Waals surface area contributed by atoms with Gasteiger partial charge >= 0.3 is 0 Å². The number of aliphatic hydroxyl groups is 1. The molecule has 0 aliphatic carbocycles. The number of aliphatic hydroxyl groups excluding tert-OH is 1. The quantitative estimate of drug-likeness (QED) is 0.810. The molecular weight excluding hydrogens is 316 g/mol. The number of ether oxygens (including phenoxy) is 1. The van der Waals surface area contributed by atoms with E-state index in [4.69, 9.17) is 10.00 Å². The van der Waals surface area contributed by atoms with Crippen molar-refractivity contribution in [1.82, 2.24) is 0 Å². The molecule has 0 saturated heterocycles. The van der Waals surface area contributed by atoms with E-state index in [1.807, 2.05) is 26.0 Å². The zero-order chi connectivity index (χ0) is 18.2. The fourth-order valence-corrected chi connectivity index (χ4v) is 2.20. The second-order valence-corrected chi connectivity index (χ2v) is 6.19. The zero-order valence-corrected chi connectivity index (χ0v) is 14.4. The second kappa shape index (κ2) is 8.86. The Labute approximate surface area is 147 Å². The van der Waals surface area contributed by atoms with Gasteiger partial charge in [-0.3, -0.25) is 4.79 Å². The summed E-state index contributed by atoms with van der Waals surface area (Å²) in [5, 5.41) is 21.5. The van der Waals surface area contributed by atoms with Crippen LogP contribution in [-0.2, 0) is 11.4 Å². The smallest absolute Gasteiger partial charge is 0.226 e. The Morgan fingerprint density at radius 2 is 2.00 bits per heavy atom. The Balaban J connectivity index is 1.94. The van der Waals surface area contributed by atoms with Crippen LogP contribution in [0.4, 0.5) is 5.69 Å². The molecule has 1 unspecified atom stereocenters. The van der Waals surface area contributed by atoms with Crippen LogP contribution in [0.3, 0.4) is 0 Å². The van der Waals surface area contributed by atoms with Gasteiger partial charge in [0.1, 0.15) is 12.4 Å². The third-order valence-electron chi connectivity index (χ3n) is 3.74. The van der Waals surface area contributed by atoms with Gasteiger partial charge in [0.2, 0.25) is 5.91 Å².